The second-order valence-electron chi connectivity index (χ2n) is 5.12. The maximum Gasteiger partial charge on any atom is 0.0454 e. The van der Waals surface area contributed by atoms with Gasteiger partial charge in [-0.1, -0.05) is 0 Å². The second-order valence-corrected chi connectivity index (χ2v) is 5.12. The minimum atomic E-state index is 0.0155. The summed E-state index contributed by atoms with van der Waals surface area (Å²) in [5, 5.41) is 0. The van der Waals surface area contributed by atoms with Gasteiger partial charge in [-0.05, 0) is 73.9 Å². The molecule has 0 fully saturated rings. The van der Waals surface area contributed by atoms with Crippen molar-refractivity contribution in [2.24, 2.45) is 11.5 Å². The molecule has 2 atom stereocenters. The minimum absolute atomic E-state index is 0.0155. The maximum absolute atomic E-state index is 6.25. The standard InChI is InChI=1S/C14H22N2/c1-7-8(2)10(4)13-11(9(7)3)5-6-12(15)14(13)16/h12,14H,5-6,15-16H2,1-4H3/t12-,14+/m0/s1. The maximum atomic E-state index is 6.25. The molecule has 1 aromatic carbocycles. The van der Waals surface area contributed by atoms with E-state index >= 15 is 0 Å². The molecule has 0 unspecified atom stereocenters. The number of fused-ring (bicyclic) bond motifs is 1. The third-order valence-electron chi connectivity index (χ3n) is 4.39. The lowest BCUT2D eigenvalue weighted by atomic mass is 9.77. The lowest BCUT2D eigenvalue weighted by molar-refractivity contribution is 0.477. The molecule has 0 heterocycles. The van der Waals surface area contributed by atoms with Crippen LogP contribution in [0.4, 0.5) is 0 Å². The number of hydrogen-bond donors (Lipinski definition) is 2. The van der Waals surface area contributed by atoms with Gasteiger partial charge in [-0.25, -0.2) is 0 Å². The summed E-state index contributed by atoms with van der Waals surface area (Å²) in [4.78, 5) is 0. The molecule has 0 bridgehead atoms. The van der Waals surface area contributed by atoms with Crippen LogP contribution >= 0.6 is 0 Å². The molecule has 88 valence electrons. The summed E-state index contributed by atoms with van der Waals surface area (Å²) in [6, 6.07) is 0.134. The van der Waals surface area contributed by atoms with Gasteiger partial charge in [-0.2, -0.15) is 0 Å². The topological polar surface area (TPSA) is 52.0 Å². The Balaban J connectivity index is 2.72. The Morgan fingerprint density at radius 2 is 1.44 bits per heavy atom. The van der Waals surface area contributed by atoms with Crippen LogP contribution in [0.3, 0.4) is 0 Å². The predicted octanol–water partition coefficient (Wildman–Crippen LogP) is 2.19. The Labute approximate surface area is 98.0 Å². The van der Waals surface area contributed by atoms with Gasteiger partial charge in [0.05, 0.1) is 0 Å². The van der Waals surface area contributed by atoms with E-state index in [0.717, 1.165) is 12.8 Å². The summed E-state index contributed by atoms with van der Waals surface area (Å²) in [7, 11) is 0. The normalized spacial score (nSPS) is 24.4. The van der Waals surface area contributed by atoms with Crippen molar-refractivity contribution in [3.63, 3.8) is 0 Å². The van der Waals surface area contributed by atoms with Crippen LogP contribution in [0.25, 0.3) is 0 Å². The molecule has 0 saturated carbocycles. The molecule has 0 saturated heterocycles. The molecule has 0 spiro atoms. The quantitative estimate of drug-likeness (QED) is 0.701. The van der Waals surface area contributed by atoms with Crippen molar-refractivity contribution in [2.75, 3.05) is 0 Å². The highest BCUT2D eigenvalue weighted by molar-refractivity contribution is 5.52. The van der Waals surface area contributed by atoms with E-state index in [2.05, 4.69) is 27.7 Å². The Bertz CT molecular complexity index is 435. The van der Waals surface area contributed by atoms with Crippen LogP contribution in [0.1, 0.15) is 45.8 Å². The fourth-order valence-electron chi connectivity index (χ4n) is 2.90. The first-order chi connectivity index (χ1) is 7.45. The van der Waals surface area contributed by atoms with E-state index in [1.807, 2.05) is 0 Å². The van der Waals surface area contributed by atoms with Crippen molar-refractivity contribution in [1.29, 1.82) is 0 Å². The van der Waals surface area contributed by atoms with Gasteiger partial charge < -0.3 is 11.5 Å². The number of rotatable bonds is 0. The van der Waals surface area contributed by atoms with Crippen molar-refractivity contribution in [2.45, 2.75) is 52.6 Å². The molecule has 2 heteroatoms. The first kappa shape index (κ1) is 11.6. The zero-order chi connectivity index (χ0) is 12.0. The molecule has 0 radical (unpaired) electrons. The second kappa shape index (κ2) is 3.86. The Kier molecular flexibility index (Phi) is 2.81. The molecule has 2 nitrogen and oxygen atoms in total. The average molecular weight is 218 g/mol. The van der Waals surface area contributed by atoms with Crippen molar-refractivity contribution in [1.82, 2.24) is 0 Å². The lowest BCUT2D eigenvalue weighted by Crippen LogP contribution is -2.39. The van der Waals surface area contributed by atoms with Crippen LogP contribution in [0.2, 0.25) is 0 Å². The first-order valence-corrected chi connectivity index (χ1v) is 6.05. The molecule has 0 amide bonds. The van der Waals surface area contributed by atoms with E-state index < -0.39 is 0 Å². The van der Waals surface area contributed by atoms with E-state index in [9.17, 15) is 0 Å². The fourth-order valence-corrected chi connectivity index (χ4v) is 2.90. The molecule has 1 aliphatic carbocycles. The van der Waals surface area contributed by atoms with E-state index in [1.165, 1.54) is 33.4 Å². The van der Waals surface area contributed by atoms with Gasteiger partial charge in [0, 0.05) is 12.1 Å². The third kappa shape index (κ3) is 1.48. The molecule has 1 aliphatic rings. The van der Waals surface area contributed by atoms with E-state index in [0.29, 0.717) is 0 Å². The Morgan fingerprint density at radius 1 is 0.875 bits per heavy atom. The highest BCUT2D eigenvalue weighted by atomic mass is 14.8. The van der Waals surface area contributed by atoms with E-state index in [4.69, 9.17) is 11.5 Å². The molecule has 2 rings (SSSR count). The van der Waals surface area contributed by atoms with Crippen molar-refractivity contribution < 1.29 is 0 Å². The molecule has 0 aromatic heterocycles. The molecular formula is C14H22N2. The van der Waals surface area contributed by atoms with Gasteiger partial charge in [-0.3, -0.25) is 0 Å². The Hall–Kier alpha value is -0.860. The van der Waals surface area contributed by atoms with Crippen LogP contribution in [-0.2, 0) is 6.42 Å². The van der Waals surface area contributed by atoms with E-state index in [1.54, 1.807) is 0 Å². The molecular weight excluding hydrogens is 196 g/mol. The molecule has 0 aliphatic heterocycles. The smallest absolute Gasteiger partial charge is 0.0454 e. The summed E-state index contributed by atoms with van der Waals surface area (Å²) in [5.74, 6) is 0. The van der Waals surface area contributed by atoms with Crippen molar-refractivity contribution >= 4 is 0 Å². The predicted molar refractivity (Wildman–Crippen MR) is 68.6 cm³/mol. The van der Waals surface area contributed by atoms with Gasteiger partial charge in [0.15, 0.2) is 0 Å². The highest BCUT2D eigenvalue weighted by Gasteiger charge is 2.28. The fraction of sp³-hybridized carbons (Fsp3) is 0.571. The zero-order valence-electron chi connectivity index (χ0n) is 10.7. The van der Waals surface area contributed by atoms with Gasteiger partial charge in [0.2, 0.25) is 0 Å². The minimum Gasteiger partial charge on any atom is -0.326 e. The summed E-state index contributed by atoms with van der Waals surface area (Å²) in [6.07, 6.45) is 2.09. The zero-order valence-corrected chi connectivity index (χ0v) is 10.7. The molecule has 16 heavy (non-hydrogen) atoms. The van der Waals surface area contributed by atoms with Gasteiger partial charge in [-0.15, -0.1) is 0 Å². The van der Waals surface area contributed by atoms with Crippen LogP contribution in [-0.4, -0.2) is 6.04 Å². The summed E-state index contributed by atoms with van der Waals surface area (Å²) >= 11 is 0. The first-order valence-electron chi connectivity index (χ1n) is 6.05. The van der Waals surface area contributed by atoms with Crippen LogP contribution in [0.15, 0.2) is 0 Å². The summed E-state index contributed by atoms with van der Waals surface area (Å²) in [5.41, 5.74) is 20.7. The van der Waals surface area contributed by atoms with Gasteiger partial charge in [0.1, 0.15) is 0 Å². The molecule has 4 N–H and O–H groups in total. The van der Waals surface area contributed by atoms with Gasteiger partial charge >= 0.3 is 0 Å². The van der Waals surface area contributed by atoms with E-state index in [-0.39, 0.29) is 12.1 Å². The molecule has 1 aromatic rings. The third-order valence-corrected chi connectivity index (χ3v) is 4.39. The van der Waals surface area contributed by atoms with Crippen LogP contribution in [0, 0.1) is 27.7 Å². The van der Waals surface area contributed by atoms with Crippen molar-refractivity contribution in [3.05, 3.63) is 33.4 Å². The highest BCUT2D eigenvalue weighted by Crippen LogP contribution is 2.35. The van der Waals surface area contributed by atoms with Crippen LogP contribution < -0.4 is 11.5 Å². The van der Waals surface area contributed by atoms with Gasteiger partial charge in [0.25, 0.3) is 0 Å². The largest absolute Gasteiger partial charge is 0.326 e. The monoisotopic (exact) mass is 218 g/mol. The Morgan fingerprint density at radius 3 is 2.06 bits per heavy atom. The van der Waals surface area contributed by atoms with Crippen molar-refractivity contribution in [3.8, 4) is 0 Å². The summed E-state index contributed by atoms with van der Waals surface area (Å²) in [6.45, 7) is 8.78. The van der Waals surface area contributed by atoms with Crippen LogP contribution in [0.5, 0.6) is 0 Å². The number of benzene rings is 1. The SMILES string of the molecule is Cc1c(C)c(C)c2c(c1C)CC[C@H](N)[C@H]2N. The average Bonchev–Trinajstić information content (AvgIpc) is 2.27. The lowest BCUT2D eigenvalue weighted by Gasteiger charge is -2.33. The summed E-state index contributed by atoms with van der Waals surface area (Å²) < 4.78 is 0. The number of hydrogen-bond acceptors (Lipinski definition) is 2. The number of nitrogens with two attached hydrogens (primary N) is 2.